The van der Waals surface area contributed by atoms with Gasteiger partial charge in [-0.3, -0.25) is 4.79 Å². The number of tetrazole rings is 1. The van der Waals surface area contributed by atoms with Gasteiger partial charge in [-0.15, -0.1) is 5.10 Å². The summed E-state index contributed by atoms with van der Waals surface area (Å²) >= 11 is 0. The van der Waals surface area contributed by atoms with Crippen LogP contribution in [0.4, 0.5) is 11.5 Å². The van der Waals surface area contributed by atoms with Crippen molar-refractivity contribution in [2.24, 2.45) is 0 Å². The third-order valence-corrected chi connectivity index (χ3v) is 4.08. The van der Waals surface area contributed by atoms with Gasteiger partial charge in [-0.1, -0.05) is 0 Å². The van der Waals surface area contributed by atoms with Gasteiger partial charge >= 0.3 is 0 Å². The molecule has 0 spiro atoms. The highest BCUT2D eigenvalue weighted by Gasteiger charge is 2.19. The van der Waals surface area contributed by atoms with Crippen molar-refractivity contribution < 1.29 is 4.79 Å². The summed E-state index contributed by atoms with van der Waals surface area (Å²) in [6.07, 6.45) is 0.668. The van der Waals surface area contributed by atoms with Crippen molar-refractivity contribution in [2.75, 3.05) is 36.4 Å². The lowest BCUT2D eigenvalue weighted by atomic mass is 10.1. The van der Waals surface area contributed by atoms with E-state index < -0.39 is 0 Å². The van der Waals surface area contributed by atoms with Gasteiger partial charge in [0.1, 0.15) is 0 Å². The quantitative estimate of drug-likeness (QED) is 0.654. The van der Waals surface area contributed by atoms with Crippen molar-refractivity contribution in [1.82, 2.24) is 30.3 Å². The molecule has 0 unspecified atom stereocenters. The number of aryl methyl sites for hydroxylation is 1. The van der Waals surface area contributed by atoms with E-state index in [2.05, 4.69) is 31.1 Å². The first kappa shape index (κ1) is 13.8. The van der Waals surface area contributed by atoms with E-state index in [1.165, 1.54) is 0 Å². The zero-order valence-electron chi connectivity index (χ0n) is 12.7. The summed E-state index contributed by atoms with van der Waals surface area (Å²) in [4.78, 5) is 17.7. The fourth-order valence-electron chi connectivity index (χ4n) is 2.90. The van der Waals surface area contributed by atoms with Gasteiger partial charge < -0.3 is 15.5 Å². The number of aromatic nitrogens is 5. The maximum Gasteiger partial charge on any atom is 0.222 e. The normalized spacial score (nSPS) is 15.3. The molecule has 0 atom stereocenters. The van der Waals surface area contributed by atoms with Crippen LogP contribution in [0.25, 0.3) is 16.7 Å². The van der Waals surface area contributed by atoms with Crippen LogP contribution in [0.15, 0.2) is 12.1 Å². The molecule has 1 fully saturated rings. The number of hydrogen-bond donors (Lipinski definition) is 2. The minimum absolute atomic E-state index is 0.648. The third kappa shape index (κ3) is 2.25. The van der Waals surface area contributed by atoms with Crippen LogP contribution in [0.2, 0.25) is 0 Å². The number of amides is 1. The molecule has 2 N–H and O–H groups in total. The van der Waals surface area contributed by atoms with E-state index in [0.29, 0.717) is 12.1 Å². The summed E-state index contributed by atoms with van der Waals surface area (Å²) < 4.78 is 1.71. The average molecular weight is 312 g/mol. The molecule has 1 saturated heterocycles. The molecule has 9 heteroatoms. The molecule has 3 aromatic rings. The standard InChI is InChI=1S/C14H16N8O/c1-9-6-12-11(7-10(9)16-8-23)17-13(14-18-19-20-22(12)14)21-4-2-15-3-5-21/h6-8,15H,2-5H2,1H3,(H,16,23). The van der Waals surface area contributed by atoms with Crippen molar-refractivity contribution in [2.45, 2.75) is 6.92 Å². The van der Waals surface area contributed by atoms with Gasteiger partial charge in [-0.05, 0) is 35.0 Å². The van der Waals surface area contributed by atoms with Gasteiger partial charge in [0, 0.05) is 31.9 Å². The van der Waals surface area contributed by atoms with Crippen LogP contribution in [0.3, 0.4) is 0 Å². The number of nitrogens with one attached hydrogen (secondary N) is 2. The number of benzene rings is 1. The zero-order chi connectivity index (χ0) is 15.8. The molecule has 2 aromatic heterocycles. The molecule has 0 bridgehead atoms. The molecular formula is C14H16N8O. The molecule has 1 aliphatic heterocycles. The van der Waals surface area contributed by atoms with Crippen molar-refractivity contribution >= 4 is 34.6 Å². The fraction of sp³-hybridized carbons (Fsp3) is 0.357. The van der Waals surface area contributed by atoms with Crippen molar-refractivity contribution in [3.05, 3.63) is 17.7 Å². The summed E-state index contributed by atoms with van der Waals surface area (Å²) in [5, 5.41) is 18.1. The molecule has 23 heavy (non-hydrogen) atoms. The lowest BCUT2D eigenvalue weighted by Gasteiger charge is -2.28. The fourth-order valence-corrected chi connectivity index (χ4v) is 2.90. The highest BCUT2D eigenvalue weighted by Crippen LogP contribution is 2.26. The van der Waals surface area contributed by atoms with E-state index in [0.717, 1.165) is 54.3 Å². The lowest BCUT2D eigenvalue weighted by Crippen LogP contribution is -2.44. The predicted molar refractivity (Wildman–Crippen MR) is 85.6 cm³/mol. The monoisotopic (exact) mass is 312 g/mol. The molecule has 1 aromatic carbocycles. The maximum absolute atomic E-state index is 10.8. The van der Waals surface area contributed by atoms with E-state index in [9.17, 15) is 4.79 Å². The largest absolute Gasteiger partial charge is 0.351 e. The zero-order valence-corrected chi connectivity index (χ0v) is 12.7. The van der Waals surface area contributed by atoms with Crippen LogP contribution < -0.4 is 15.5 Å². The second kappa shape index (κ2) is 5.43. The highest BCUT2D eigenvalue weighted by atomic mass is 16.1. The number of fused-ring (bicyclic) bond motifs is 3. The number of piperazine rings is 1. The molecule has 3 heterocycles. The summed E-state index contributed by atoms with van der Waals surface area (Å²) in [6, 6.07) is 3.78. The van der Waals surface area contributed by atoms with Crippen molar-refractivity contribution in [1.29, 1.82) is 0 Å². The van der Waals surface area contributed by atoms with Crippen LogP contribution in [0.5, 0.6) is 0 Å². The molecule has 1 aliphatic rings. The van der Waals surface area contributed by atoms with E-state index in [1.807, 2.05) is 19.1 Å². The number of anilines is 2. The van der Waals surface area contributed by atoms with E-state index in [4.69, 9.17) is 4.98 Å². The number of carbonyl (C=O) groups excluding carboxylic acids is 1. The molecule has 9 nitrogen and oxygen atoms in total. The Kier molecular flexibility index (Phi) is 3.27. The van der Waals surface area contributed by atoms with Gasteiger partial charge in [0.05, 0.1) is 11.0 Å². The predicted octanol–water partition coefficient (Wildman–Crippen LogP) is -0.0412. The lowest BCUT2D eigenvalue weighted by molar-refractivity contribution is -0.105. The van der Waals surface area contributed by atoms with Gasteiger partial charge in [0.25, 0.3) is 0 Å². The number of rotatable bonds is 3. The Balaban J connectivity index is 1.96. The average Bonchev–Trinajstić information content (AvgIpc) is 3.06. The first-order chi connectivity index (χ1) is 11.3. The number of nitrogens with zero attached hydrogens (tertiary/aromatic N) is 6. The van der Waals surface area contributed by atoms with Crippen molar-refractivity contribution in [3.63, 3.8) is 0 Å². The Labute approximate surface area is 131 Å². The molecule has 118 valence electrons. The Bertz CT molecular complexity index is 883. The summed E-state index contributed by atoms with van der Waals surface area (Å²) in [5.74, 6) is 0.768. The van der Waals surface area contributed by atoms with Gasteiger partial charge in [0.15, 0.2) is 5.82 Å². The van der Waals surface area contributed by atoms with E-state index >= 15 is 0 Å². The number of carbonyl (C=O) groups is 1. The van der Waals surface area contributed by atoms with Crippen LogP contribution in [-0.2, 0) is 4.79 Å². The van der Waals surface area contributed by atoms with E-state index in [-0.39, 0.29) is 0 Å². The SMILES string of the molecule is Cc1cc2c(cc1NC=O)nc(N1CCNCC1)c1nnnn12. The Morgan fingerprint density at radius 2 is 2.13 bits per heavy atom. The second-order valence-corrected chi connectivity index (χ2v) is 5.50. The summed E-state index contributed by atoms with van der Waals surface area (Å²) in [6.45, 7) is 5.43. The first-order valence-corrected chi connectivity index (χ1v) is 7.46. The third-order valence-electron chi connectivity index (χ3n) is 4.08. The minimum Gasteiger partial charge on any atom is -0.351 e. The first-order valence-electron chi connectivity index (χ1n) is 7.46. The summed E-state index contributed by atoms with van der Waals surface area (Å²) in [7, 11) is 0. The minimum atomic E-state index is 0.648. The Morgan fingerprint density at radius 1 is 1.30 bits per heavy atom. The van der Waals surface area contributed by atoms with Gasteiger partial charge in [-0.25, -0.2) is 4.98 Å². The highest BCUT2D eigenvalue weighted by molar-refractivity contribution is 5.88. The topological polar surface area (TPSA) is 100 Å². The van der Waals surface area contributed by atoms with Crippen LogP contribution in [0.1, 0.15) is 5.56 Å². The molecule has 4 rings (SSSR count). The maximum atomic E-state index is 10.8. The summed E-state index contributed by atoms with van der Waals surface area (Å²) in [5.41, 5.74) is 3.87. The smallest absolute Gasteiger partial charge is 0.222 e. The molecular weight excluding hydrogens is 296 g/mol. The number of hydrogen-bond acceptors (Lipinski definition) is 7. The van der Waals surface area contributed by atoms with Crippen molar-refractivity contribution in [3.8, 4) is 0 Å². The van der Waals surface area contributed by atoms with Crippen LogP contribution in [-0.4, -0.2) is 57.6 Å². The molecule has 1 amide bonds. The van der Waals surface area contributed by atoms with E-state index in [1.54, 1.807) is 4.52 Å². The second-order valence-electron chi connectivity index (χ2n) is 5.50. The van der Waals surface area contributed by atoms with Gasteiger partial charge in [0.2, 0.25) is 12.1 Å². The van der Waals surface area contributed by atoms with Crippen LogP contribution >= 0.6 is 0 Å². The molecule has 0 aliphatic carbocycles. The Hall–Kier alpha value is -2.81. The Morgan fingerprint density at radius 3 is 2.91 bits per heavy atom. The molecule has 0 radical (unpaired) electrons. The molecule has 0 saturated carbocycles. The van der Waals surface area contributed by atoms with Crippen LogP contribution in [0, 0.1) is 6.92 Å². The van der Waals surface area contributed by atoms with Gasteiger partial charge in [-0.2, -0.15) is 4.52 Å².